The summed E-state index contributed by atoms with van der Waals surface area (Å²) in [5, 5.41) is 0. The van der Waals surface area contributed by atoms with Crippen LogP contribution in [-0.4, -0.2) is 23.3 Å². The van der Waals surface area contributed by atoms with Crippen molar-refractivity contribution in [3.05, 3.63) is 0 Å². The predicted octanol–water partition coefficient (Wildman–Crippen LogP) is 2.58. The van der Waals surface area contributed by atoms with Gasteiger partial charge in [0.2, 0.25) is 0 Å². The molecule has 5 heteroatoms. The van der Waals surface area contributed by atoms with Crippen LogP contribution < -0.4 is 0 Å². The Balaban J connectivity index is 2.16. The van der Waals surface area contributed by atoms with Crippen LogP contribution in [0.2, 0.25) is 0 Å². The summed E-state index contributed by atoms with van der Waals surface area (Å²) in [6.07, 6.45) is 1.12. The van der Waals surface area contributed by atoms with Crippen LogP contribution >= 0.6 is 0 Å². The Morgan fingerprint density at radius 1 is 1.39 bits per heavy atom. The van der Waals surface area contributed by atoms with E-state index in [0.717, 1.165) is 6.42 Å². The van der Waals surface area contributed by atoms with Gasteiger partial charge in [0.15, 0.2) is 11.4 Å². The molecule has 3 atom stereocenters. The van der Waals surface area contributed by atoms with Crippen LogP contribution in [0.15, 0.2) is 0 Å². The standard InChI is InChI=1S/C13H18F2O3/c1-11(2)7-5-8(11)9(16)12(3,6-7)18-10(17)13(4,14)15/h7-8H,5-6H2,1-4H3. The highest BCUT2D eigenvalue weighted by atomic mass is 19.3. The molecule has 3 nitrogen and oxygen atoms in total. The molecule has 3 saturated carbocycles. The monoisotopic (exact) mass is 260 g/mol. The summed E-state index contributed by atoms with van der Waals surface area (Å²) in [6.45, 7) is 5.93. The molecular formula is C13H18F2O3. The SMILES string of the molecule is CC(F)(F)C(=O)OC1(C)CC2CC(C1=O)C2(C)C. The number of fused-ring (bicyclic) bond motifs is 2. The van der Waals surface area contributed by atoms with Crippen molar-refractivity contribution < 1.29 is 23.1 Å². The van der Waals surface area contributed by atoms with E-state index in [1.807, 2.05) is 13.8 Å². The van der Waals surface area contributed by atoms with Gasteiger partial charge in [-0.3, -0.25) is 4.79 Å². The van der Waals surface area contributed by atoms with E-state index in [4.69, 9.17) is 4.74 Å². The molecule has 102 valence electrons. The summed E-state index contributed by atoms with van der Waals surface area (Å²) in [4.78, 5) is 23.5. The third kappa shape index (κ3) is 1.75. The van der Waals surface area contributed by atoms with Gasteiger partial charge in [-0.25, -0.2) is 4.79 Å². The molecule has 0 aromatic rings. The Labute approximate surface area is 105 Å². The third-order valence-electron chi connectivity index (χ3n) is 4.62. The van der Waals surface area contributed by atoms with Gasteiger partial charge in [0, 0.05) is 12.8 Å². The van der Waals surface area contributed by atoms with Crippen LogP contribution in [0.1, 0.15) is 40.5 Å². The molecule has 18 heavy (non-hydrogen) atoms. The van der Waals surface area contributed by atoms with Gasteiger partial charge in [0.1, 0.15) is 0 Å². The molecule has 0 radical (unpaired) electrons. The molecule has 0 heterocycles. The van der Waals surface area contributed by atoms with Crippen molar-refractivity contribution in [1.29, 1.82) is 0 Å². The molecule has 3 aliphatic rings. The van der Waals surface area contributed by atoms with Gasteiger partial charge in [0.05, 0.1) is 0 Å². The molecule has 0 spiro atoms. The zero-order chi connectivity index (χ0) is 13.9. The molecular weight excluding hydrogens is 242 g/mol. The molecule has 2 bridgehead atoms. The van der Waals surface area contributed by atoms with E-state index in [0.29, 0.717) is 13.3 Å². The molecule has 0 amide bonds. The number of hydrogen-bond donors (Lipinski definition) is 0. The topological polar surface area (TPSA) is 43.4 Å². The maximum atomic E-state index is 12.8. The highest BCUT2D eigenvalue weighted by Crippen LogP contribution is 2.60. The van der Waals surface area contributed by atoms with Gasteiger partial charge >= 0.3 is 11.9 Å². The number of Topliss-reactive ketones (excluding diaryl/α,β-unsaturated/α-hetero) is 1. The fourth-order valence-corrected chi connectivity index (χ4v) is 3.13. The van der Waals surface area contributed by atoms with E-state index in [1.165, 1.54) is 6.92 Å². The largest absolute Gasteiger partial charge is 0.447 e. The average molecular weight is 260 g/mol. The van der Waals surface area contributed by atoms with E-state index >= 15 is 0 Å². The number of esters is 1. The number of ether oxygens (including phenoxy) is 1. The van der Waals surface area contributed by atoms with Crippen LogP contribution in [0.5, 0.6) is 0 Å². The molecule has 3 rings (SSSR count). The summed E-state index contributed by atoms with van der Waals surface area (Å²) < 4.78 is 30.5. The second-order valence-electron chi connectivity index (χ2n) is 6.38. The van der Waals surface area contributed by atoms with Crippen LogP contribution in [-0.2, 0) is 14.3 Å². The first-order valence-electron chi connectivity index (χ1n) is 6.14. The minimum atomic E-state index is -3.56. The average Bonchev–Trinajstić information content (AvgIpc) is 2.20. The smallest absolute Gasteiger partial charge is 0.377 e. The van der Waals surface area contributed by atoms with E-state index in [1.54, 1.807) is 0 Å². The zero-order valence-corrected chi connectivity index (χ0v) is 11.0. The van der Waals surface area contributed by atoms with Gasteiger partial charge < -0.3 is 4.74 Å². The summed E-state index contributed by atoms with van der Waals surface area (Å²) in [6, 6.07) is 0. The summed E-state index contributed by atoms with van der Waals surface area (Å²) in [5.74, 6) is -5.31. The lowest BCUT2D eigenvalue weighted by Gasteiger charge is -2.59. The Bertz CT molecular complexity index is 411. The lowest BCUT2D eigenvalue weighted by molar-refractivity contribution is -0.209. The molecule has 3 unspecified atom stereocenters. The first-order valence-corrected chi connectivity index (χ1v) is 6.14. The van der Waals surface area contributed by atoms with E-state index in [9.17, 15) is 18.4 Å². The fourth-order valence-electron chi connectivity index (χ4n) is 3.13. The zero-order valence-electron chi connectivity index (χ0n) is 11.0. The Hall–Kier alpha value is -1.00. The summed E-state index contributed by atoms with van der Waals surface area (Å²) in [5.41, 5.74) is -1.47. The second-order valence-corrected chi connectivity index (χ2v) is 6.38. The van der Waals surface area contributed by atoms with Crippen LogP contribution in [0.3, 0.4) is 0 Å². The van der Waals surface area contributed by atoms with Crippen molar-refractivity contribution in [3.8, 4) is 0 Å². The minimum absolute atomic E-state index is 0.0995. The molecule has 0 saturated heterocycles. The summed E-state index contributed by atoms with van der Waals surface area (Å²) in [7, 11) is 0. The van der Waals surface area contributed by atoms with Gasteiger partial charge in [-0.1, -0.05) is 13.8 Å². The number of ketones is 1. The molecule has 3 aliphatic carbocycles. The number of carbonyl (C=O) groups is 2. The highest BCUT2D eigenvalue weighted by molar-refractivity contribution is 5.94. The molecule has 0 aliphatic heterocycles. The van der Waals surface area contributed by atoms with Crippen molar-refractivity contribution in [2.75, 3.05) is 0 Å². The van der Waals surface area contributed by atoms with E-state index < -0.39 is 17.5 Å². The molecule has 3 fully saturated rings. The van der Waals surface area contributed by atoms with Crippen LogP contribution in [0.4, 0.5) is 8.78 Å². The second kappa shape index (κ2) is 3.52. The first-order chi connectivity index (χ1) is 7.98. The number of hydrogen-bond acceptors (Lipinski definition) is 3. The van der Waals surface area contributed by atoms with E-state index in [2.05, 4.69) is 0 Å². The van der Waals surface area contributed by atoms with Crippen molar-refractivity contribution in [2.24, 2.45) is 17.3 Å². The maximum absolute atomic E-state index is 12.8. The van der Waals surface area contributed by atoms with Crippen molar-refractivity contribution in [1.82, 2.24) is 0 Å². The van der Waals surface area contributed by atoms with Gasteiger partial charge in [-0.2, -0.15) is 8.78 Å². The van der Waals surface area contributed by atoms with Gasteiger partial charge in [-0.15, -0.1) is 0 Å². The number of halogens is 2. The van der Waals surface area contributed by atoms with Gasteiger partial charge in [0.25, 0.3) is 0 Å². The Kier molecular flexibility index (Phi) is 2.62. The minimum Gasteiger partial charge on any atom is -0.447 e. The predicted molar refractivity (Wildman–Crippen MR) is 60.1 cm³/mol. The molecule has 0 aromatic carbocycles. The number of alkyl halides is 2. The van der Waals surface area contributed by atoms with Crippen LogP contribution in [0, 0.1) is 17.3 Å². The fraction of sp³-hybridized carbons (Fsp3) is 0.846. The Morgan fingerprint density at radius 3 is 2.33 bits per heavy atom. The lowest BCUT2D eigenvalue weighted by Crippen LogP contribution is -2.64. The van der Waals surface area contributed by atoms with Crippen molar-refractivity contribution in [3.63, 3.8) is 0 Å². The first kappa shape index (κ1) is 13.4. The normalized spacial score (nSPS) is 38.0. The highest BCUT2D eigenvalue weighted by Gasteiger charge is 2.63. The quantitative estimate of drug-likeness (QED) is 0.717. The van der Waals surface area contributed by atoms with Crippen molar-refractivity contribution in [2.45, 2.75) is 52.1 Å². The maximum Gasteiger partial charge on any atom is 0.377 e. The lowest BCUT2D eigenvalue weighted by atomic mass is 9.45. The third-order valence-corrected chi connectivity index (χ3v) is 4.62. The van der Waals surface area contributed by atoms with Crippen molar-refractivity contribution >= 4 is 11.8 Å². The van der Waals surface area contributed by atoms with Crippen LogP contribution in [0.25, 0.3) is 0 Å². The van der Waals surface area contributed by atoms with E-state index in [-0.39, 0.29) is 23.0 Å². The Morgan fingerprint density at radius 2 is 1.94 bits per heavy atom. The molecule has 0 N–H and O–H groups in total. The summed E-state index contributed by atoms with van der Waals surface area (Å²) >= 11 is 0. The number of rotatable bonds is 2. The number of carbonyl (C=O) groups excluding carboxylic acids is 2. The van der Waals surface area contributed by atoms with Gasteiger partial charge in [-0.05, 0) is 31.1 Å². The molecule has 0 aromatic heterocycles.